The predicted molar refractivity (Wildman–Crippen MR) is 76.8 cm³/mol. The third kappa shape index (κ3) is 3.38. The normalized spacial score (nSPS) is 13.1. The Morgan fingerprint density at radius 2 is 1.90 bits per heavy atom. The third-order valence-corrected chi connectivity index (χ3v) is 4.44. The quantitative estimate of drug-likeness (QED) is 0.556. The molecule has 0 spiro atoms. The molecule has 2 heterocycles. The van der Waals surface area contributed by atoms with Crippen LogP contribution in [0.3, 0.4) is 0 Å². The standard InChI is InChI=1S/C12H17N5O3S/c1-7-4-11(9(3)20-7)8(2)17-21(18,19)10-5-14-12(16-13)15-6-10/h4-6,8,17H,13H2,1-3H3,(H,14,15,16). The van der Waals surface area contributed by atoms with Crippen molar-refractivity contribution in [2.24, 2.45) is 5.84 Å². The maximum atomic E-state index is 12.3. The SMILES string of the molecule is Cc1cc(C(C)NS(=O)(=O)c2cnc(NN)nc2)c(C)o1. The Hall–Kier alpha value is -1.97. The van der Waals surface area contributed by atoms with Crippen molar-refractivity contribution in [2.75, 3.05) is 5.43 Å². The number of furan rings is 1. The van der Waals surface area contributed by atoms with Crippen LogP contribution in [0.2, 0.25) is 0 Å². The fourth-order valence-electron chi connectivity index (χ4n) is 1.97. The van der Waals surface area contributed by atoms with E-state index in [9.17, 15) is 8.42 Å². The van der Waals surface area contributed by atoms with Crippen LogP contribution >= 0.6 is 0 Å². The van der Waals surface area contributed by atoms with Gasteiger partial charge in [0.1, 0.15) is 16.4 Å². The van der Waals surface area contributed by atoms with Gasteiger partial charge in [-0.15, -0.1) is 0 Å². The lowest BCUT2D eigenvalue weighted by Crippen LogP contribution is -2.27. The molecule has 21 heavy (non-hydrogen) atoms. The van der Waals surface area contributed by atoms with Crippen LogP contribution in [0, 0.1) is 13.8 Å². The highest BCUT2D eigenvalue weighted by Gasteiger charge is 2.21. The lowest BCUT2D eigenvalue weighted by molar-refractivity contribution is 0.496. The minimum absolute atomic E-state index is 0.0359. The molecule has 8 nitrogen and oxygen atoms in total. The van der Waals surface area contributed by atoms with Crippen molar-refractivity contribution in [1.29, 1.82) is 0 Å². The Morgan fingerprint density at radius 3 is 2.38 bits per heavy atom. The topological polar surface area (TPSA) is 123 Å². The van der Waals surface area contributed by atoms with Gasteiger partial charge in [0.15, 0.2) is 0 Å². The fourth-order valence-corrected chi connectivity index (χ4v) is 3.09. The first-order valence-corrected chi connectivity index (χ1v) is 7.69. The van der Waals surface area contributed by atoms with E-state index in [-0.39, 0.29) is 10.8 Å². The third-order valence-electron chi connectivity index (χ3n) is 2.95. The molecule has 9 heteroatoms. The van der Waals surface area contributed by atoms with Crippen LogP contribution in [-0.4, -0.2) is 18.4 Å². The number of nitrogens with one attached hydrogen (secondary N) is 2. The number of hydrogen-bond donors (Lipinski definition) is 3. The van der Waals surface area contributed by atoms with E-state index in [0.29, 0.717) is 5.76 Å². The Morgan fingerprint density at radius 1 is 1.29 bits per heavy atom. The molecule has 0 aromatic carbocycles. The van der Waals surface area contributed by atoms with Crippen molar-refractivity contribution >= 4 is 16.0 Å². The second kappa shape index (κ2) is 5.80. The molecule has 0 aliphatic rings. The smallest absolute Gasteiger partial charge is 0.244 e. The van der Waals surface area contributed by atoms with Crippen LogP contribution < -0.4 is 16.0 Å². The zero-order valence-corrected chi connectivity index (χ0v) is 12.7. The molecule has 4 N–H and O–H groups in total. The number of rotatable bonds is 5. The average Bonchev–Trinajstić information content (AvgIpc) is 2.77. The van der Waals surface area contributed by atoms with Crippen molar-refractivity contribution in [3.05, 3.63) is 35.5 Å². The molecule has 114 valence electrons. The van der Waals surface area contributed by atoms with Crippen LogP contribution in [0.4, 0.5) is 5.95 Å². The molecule has 0 aliphatic heterocycles. The molecule has 2 aromatic heterocycles. The van der Waals surface area contributed by atoms with E-state index in [2.05, 4.69) is 20.1 Å². The first-order valence-electron chi connectivity index (χ1n) is 6.21. The van der Waals surface area contributed by atoms with Crippen LogP contribution in [0.1, 0.15) is 30.0 Å². The van der Waals surface area contributed by atoms with Crippen molar-refractivity contribution in [3.8, 4) is 0 Å². The van der Waals surface area contributed by atoms with Crippen LogP contribution in [0.15, 0.2) is 27.8 Å². The van der Waals surface area contributed by atoms with Gasteiger partial charge in [-0.05, 0) is 26.8 Å². The first-order chi connectivity index (χ1) is 9.83. The molecule has 0 radical (unpaired) electrons. The van der Waals surface area contributed by atoms with Crippen molar-refractivity contribution < 1.29 is 12.8 Å². The number of aryl methyl sites for hydroxylation is 2. The van der Waals surface area contributed by atoms with E-state index in [1.165, 1.54) is 12.4 Å². The summed E-state index contributed by atoms with van der Waals surface area (Å²) in [5.41, 5.74) is 3.02. The number of sulfonamides is 1. The van der Waals surface area contributed by atoms with Gasteiger partial charge in [0.05, 0.1) is 12.4 Å². The molecule has 0 saturated carbocycles. The lowest BCUT2D eigenvalue weighted by atomic mass is 10.1. The molecule has 1 unspecified atom stereocenters. The van der Waals surface area contributed by atoms with Gasteiger partial charge >= 0.3 is 0 Å². The summed E-state index contributed by atoms with van der Waals surface area (Å²) in [5.74, 6) is 6.69. The molecule has 0 fully saturated rings. The van der Waals surface area contributed by atoms with E-state index < -0.39 is 16.1 Å². The summed E-state index contributed by atoms with van der Waals surface area (Å²) in [7, 11) is -3.73. The van der Waals surface area contributed by atoms with E-state index in [4.69, 9.17) is 10.3 Å². The number of nitrogens with zero attached hydrogens (tertiary/aromatic N) is 2. The minimum atomic E-state index is -3.73. The summed E-state index contributed by atoms with van der Waals surface area (Å²) in [6.45, 7) is 5.34. The average molecular weight is 311 g/mol. The van der Waals surface area contributed by atoms with Gasteiger partial charge in [-0.25, -0.2) is 29.0 Å². The predicted octanol–water partition coefficient (Wildman–Crippen LogP) is 1.01. The highest BCUT2D eigenvalue weighted by atomic mass is 32.2. The van der Waals surface area contributed by atoms with Gasteiger partial charge in [-0.2, -0.15) is 0 Å². The molecule has 0 saturated heterocycles. The van der Waals surface area contributed by atoms with Gasteiger partial charge in [-0.3, -0.25) is 5.43 Å². The summed E-state index contributed by atoms with van der Waals surface area (Å²) < 4.78 is 32.5. The molecule has 1 atom stereocenters. The zero-order chi connectivity index (χ0) is 15.6. The van der Waals surface area contributed by atoms with E-state index in [1.807, 2.05) is 6.92 Å². The monoisotopic (exact) mass is 311 g/mol. The number of nitrogens with two attached hydrogens (primary N) is 1. The number of hydrogen-bond acceptors (Lipinski definition) is 7. The number of hydrazine groups is 1. The zero-order valence-electron chi connectivity index (χ0n) is 11.9. The summed E-state index contributed by atoms with van der Waals surface area (Å²) in [6, 6.07) is 1.38. The Bertz CT molecular complexity index is 724. The number of aromatic nitrogens is 2. The maximum absolute atomic E-state index is 12.3. The highest BCUT2D eigenvalue weighted by molar-refractivity contribution is 7.89. The lowest BCUT2D eigenvalue weighted by Gasteiger charge is -2.13. The van der Waals surface area contributed by atoms with E-state index >= 15 is 0 Å². The number of nitrogen functional groups attached to an aromatic ring is 1. The Kier molecular flexibility index (Phi) is 4.26. The van der Waals surface area contributed by atoms with E-state index in [0.717, 1.165) is 11.3 Å². The molecule has 0 amide bonds. The van der Waals surface area contributed by atoms with E-state index in [1.54, 1.807) is 19.9 Å². The maximum Gasteiger partial charge on any atom is 0.244 e. The first kappa shape index (κ1) is 15.4. The van der Waals surface area contributed by atoms with Gasteiger partial charge in [0.2, 0.25) is 16.0 Å². The summed E-state index contributed by atoms with van der Waals surface area (Å²) in [4.78, 5) is 7.52. The molecule has 0 aliphatic carbocycles. The molecule has 2 rings (SSSR count). The second-order valence-electron chi connectivity index (χ2n) is 4.60. The Balaban J connectivity index is 2.22. The van der Waals surface area contributed by atoms with Gasteiger partial charge in [0, 0.05) is 11.6 Å². The highest BCUT2D eigenvalue weighted by Crippen LogP contribution is 2.23. The second-order valence-corrected chi connectivity index (χ2v) is 6.31. The van der Waals surface area contributed by atoms with Crippen molar-refractivity contribution in [2.45, 2.75) is 31.7 Å². The van der Waals surface area contributed by atoms with Crippen molar-refractivity contribution in [1.82, 2.24) is 14.7 Å². The van der Waals surface area contributed by atoms with Crippen LogP contribution in [-0.2, 0) is 10.0 Å². The number of anilines is 1. The van der Waals surface area contributed by atoms with Gasteiger partial charge in [-0.1, -0.05) is 0 Å². The van der Waals surface area contributed by atoms with Crippen LogP contribution in [0.25, 0.3) is 0 Å². The summed E-state index contributed by atoms with van der Waals surface area (Å²) in [6.07, 6.45) is 2.37. The Labute approximate surface area is 122 Å². The molecular weight excluding hydrogens is 294 g/mol. The molecular formula is C12H17N5O3S. The largest absolute Gasteiger partial charge is 0.466 e. The molecule has 2 aromatic rings. The summed E-state index contributed by atoms with van der Waals surface area (Å²) >= 11 is 0. The summed E-state index contributed by atoms with van der Waals surface area (Å²) in [5, 5.41) is 0. The van der Waals surface area contributed by atoms with Gasteiger partial charge < -0.3 is 4.42 Å². The fraction of sp³-hybridized carbons (Fsp3) is 0.333. The minimum Gasteiger partial charge on any atom is -0.466 e. The van der Waals surface area contributed by atoms with Crippen molar-refractivity contribution in [3.63, 3.8) is 0 Å². The van der Waals surface area contributed by atoms with Crippen LogP contribution in [0.5, 0.6) is 0 Å². The van der Waals surface area contributed by atoms with Gasteiger partial charge in [0.25, 0.3) is 0 Å². The molecule has 0 bridgehead atoms.